The van der Waals surface area contributed by atoms with Gasteiger partial charge in [0.05, 0.1) is 11.3 Å². The zero-order valence-corrected chi connectivity index (χ0v) is 19.1. The number of pyridine rings is 1. The first kappa shape index (κ1) is 22.0. The van der Waals surface area contributed by atoms with E-state index >= 15 is 0 Å². The number of ether oxygens (including phenoxy) is 1. The number of amides is 1. The Morgan fingerprint density at radius 2 is 1.66 bits per heavy atom. The summed E-state index contributed by atoms with van der Waals surface area (Å²) >= 11 is 0. The Morgan fingerprint density at radius 1 is 0.800 bits per heavy atom. The highest BCUT2D eigenvalue weighted by molar-refractivity contribution is 6.04. The number of aromatic nitrogens is 3. The minimum Gasteiger partial charge on any atom is -0.438 e. The monoisotopic (exact) mass is 458 g/mol. The summed E-state index contributed by atoms with van der Waals surface area (Å²) in [4.78, 5) is 25.7. The van der Waals surface area contributed by atoms with Crippen LogP contribution in [0.15, 0.2) is 110 Å². The van der Waals surface area contributed by atoms with Gasteiger partial charge in [0, 0.05) is 23.6 Å². The van der Waals surface area contributed by atoms with Crippen LogP contribution in [0.5, 0.6) is 11.6 Å². The molecule has 0 atom stereocenters. The average molecular weight is 459 g/mol. The lowest BCUT2D eigenvalue weighted by Gasteiger charge is -2.13. The van der Waals surface area contributed by atoms with Gasteiger partial charge in [0.2, 0.25) is 5.88 Å². The Bertz CT molecular complexity index is 1470. The number of rotatable bonds is 6. The molecule has 0 radical (unpaired) electrons. The van der Waals surface area contributed by atoms with E-state index in [2.05, 4.69) is 20.3 Å². The Hall–Kier alpha value is -4.84. The summed E-state index contributed by atoms with van der Waals surface area (Å²) in [6.07, 6.45) is 4.81. The van der Waals surface area contributed by atoms with Crippen molar-refractivity contribution < 1.29 is 9.53 Å². The van der Waals surface area contributed by atoms with Crippen molar-refractivity contribution in [3.05, 3.63) is 121 Å². The second kappa shape index (κ2) is 9.97. The molecule has 1 N–H and O–H groups in total. The van der Waals surface area contributed by atoms with Crippen molar-refractivity contribution in [3.63, 3.8) is 0 Å². The maximum atomic E-state index is 13.1. The third kappa shape index (κ3) is 5.07. The lowest BCUT2D eigenvalue weighted by Crippen LogP contribution is -2.12. The summed E-state index contributed by atoms with van der Waals surface area (Å²) in [5.74, 6) is 0.726. The van der Waals surface area contributed by atoms with Crippen LogP contribution in [0.4, 0.5) is 5.69 Å². The van der Waals surface area contributed by atoms with E-state index in [0.717, 1.165) is 27.9 Å². The standard InChI is InChI=1S/C29H22N4O2/c1-20-12-13-23(28(34)33-24-10-5-9-22(17-24)21-7-3-2-4-8-21)18-27(20)35-29-25(11-6-15-31-29)26-14-16-30-19-32-26/h2-19H,1H3,(H,33,34). The quantitative estimate of drug-likeness (QED) is 0.312. The highest BCUT2D eigenvalue weighted by Crippen LogP contribution is 2.32. The topological polar surface area (TPSA) is 77.0 Å². The van der Waals surface area contributed by atoms with E-state index in [1.165, 1.54) is 6.33 Å². The van der Waals surface area contributed by atoms with Gasteiger partial charge in [0.25, 0.3) is 5.91 Å². The summed E-state index contributed by atoms with van der Waals surface area (Å²) in [5.41, 5.74) is 5.64. The van der Waals surface area contributed by atoms with Crippen molar-refractivity contribution >= 4 is 11.6 Å². The number of carbonyl (C=O) groups is 1. The molecule has 0 saturated carbocycles. The molecule has 0 aliphatic rings. The number of nitrogens with zero attached hydrogens (tertiary/aromatic N) is 3. The van der Waals surface area contributed by atoms with Gasteiger partial charge in [-0.15, -0.1) is 0 Å². The van der Waals surface area contributed by atoms with Crippen LogP contribution in [-0.2, 0) is 0 Å². The number of benzene rings is 3. The fraction of sp³-hybridized carbons (Fsp3) is 0.0345. The third-order valence-electron chi connectivity index (χ3n) is 5.51. The molecule has 0 aliphatic heterocycles. The largest absolute Gasteiger partial charge is 0.438 e. The maximum absolute atomic E-state index is 13.1. The molecule has 0 spiro atoms. The summed E-state index contributed by atoms with van der Waals surface area (Å²) in [6, 6.07) is 28.7. The molecule has 0 unspecified atom stereocenters. The highest BCUT2D eigenvalue weighted by Gasteiger charge is 2.14. The van der Waals surface area contributed by atoms with Crippen molar-refractivity contribution in [3.8, 4) is 34.0 Å². The molecular formula is C29H22N4O2. The van der Waals surface area contributed by atoms with E-state index < -0.39 is 0 Å². The Labute approximate surface area is 203 Å². The van der Waals surface area contributed by atoms with Crippen LogP contribution in [0.25, 0.3) is 22.4 Å². The molecule has 170 valence electrons. The number of carbonyl (C=O) groups excluding carboxylic acids is 1. The summed E-state index contributed by atoms with van der Waals surface area (Å²) in [7, 11) is 0. The lowest BCUT2D eigenvalue weighted by molar-refractivity contribution is 0.102. The van der Waals surface area contributed by atoms with Crippen LogP contribution >= 0.6 is 0 Å². The predicted octanol–water partition coefficient (Wildman–Crippen LogP) is 6.56. The van der Waals surface area contributed by atoms with Crippen molar-refractivity contribution in [2.75, 3.05) is 5.32 Å². The van der Waals surface area contributed by atoms with Gasteiger partial charge in [-0.2, -0.15) is 0 Å². The van der Waals surface area contributed by atoms with Crippen molar-refractivity contribution in [1.29, 1.82) is 0 Å². The van der Waals surface area contributed by atoms with E-state index in [0.29, 0.717) is 22.9 Å². The molecule has 2 heterocycles. The molecule has 0 aliphatic carbocycles. The minimum atomic E-state index is -0.225. The zero-order valence-electron chi connectivity index (χ0n) is 19.1. The van der Waals surface area contributed by atoms with Crippen molar-refractivity contribution in [1.82, 2.24) is 15.0 Å². The van der Waals surface area contributed by atoms with Crippen LogP contribution in [0.1, 0.15) is 15.9 Å². The summed E-state index contributed by atoms with van der Waals surface area (Å²) < 4.78 is 6.16. The Balaban J connectivity index is 1.39. The van der Waals surface area contributed by atoms with E-state index in [9.17, 15) is 4.79 Å². The van der Waals surface area contributed by atoms with Crippen LogP contribution in [0.2, 0.25) is 0 Å². The molecule has 35 heavy (non-hydrogen) atoms. The zero-order chi connectivity index (χ0) is 24.0. The third-order valence-corrected chi connectivity index (χ3v) is 5.51. The molecule has 3 aromatic carbocycles. The summed E-state index contributed by atoms with van der Waals surface area (Å²) in [5, 5.41) is 2.99. The Kier molecular flexibility index (Phi) is 6.26. The number of nitrogens with one attached hydrogen (secondary N) is 1. The normalized spacial score (nSPS) is 10.5. The molecular weight excluding hydrogens is 436 g/mol. The second-order valence-corrected chi connectivity index (χ2v) is 7.93. The fourth-order valence-electron chi connectivity index (χ4n) is 3.68. The smallest absolute Gasteiger partial charge is 0.255 e. The SMILES string of the molecule is Cc1ccc(C(=O)Nc2cccc(-c3ccccc3)c2)cc1Oc1ncccc1-c1ccncn1. The Morgan fingerprint density at radius 3 is 2.49 bits per heavy atom. The van der Waals surface area contributed by atoms with Crippen LogP contribution in [0, 0.1) is 6.92 Å². The van der Waals surface area contributed by atoms with Crippen LogP contribution in [-0.4, -0.2) is 20.9 Å². The van der Waals surface area contributed by atoms with Gasteiger partial charge in [-0.25, -0.2) is 15.0 Å². The van der Waals surface area contributed by atoms with Gasteiger partial charge in [-0.1, -0.05) is 48.5 Å². The van der Waals surface area contributed by atoms with Gasteiger partial charge in [0.1, 0.15) is 12.1 Å². The number of hydrogen-bond donors (Lipinski definition) is 1. The minimum absolute atomic E-state index is 0.225. The average Bonchev–Trinajstić information content (AvgIpc) is 2.91. The van der Waals surface area contributed by atoms with Gasteiger partial charge in [-0.3, -0.25) is 4.79 Å². The predicted molar refractivity (Wildman–Crippen MR) is 136 cm³/mol. The molecule has 6 heteroatoms. The van der Waals surface area contributed by atoms with E-state index in [1.807, 2.05) is 79.7 Å². The molecule has 0 bridgehead atoms. The first-order valence-corrected chi connectivity index (χ1v) is 11.1. The number of aryl methyl sites for hydroxylation is 1. The molecule has 5 aromatic rings. The van der Waals surface area contributed by atoms with Gasteiger partial charge in [-0.05, 0) is 66.1 Å². The summed E-state index contributed by atoms with van der Waals surface area (Å²) in [6.45, 7) is 1.92. The first-order chi connectivity index (χ1) is 17.2. The second-order valence-electron chi connectivity index (χ2n) is 7.93. The number of anilines is 1. The lowest BCUT2D eigenvalue weighted by atomic mass is 10.1. The van der Waals surface area contributed by atoms with E-state index in [4.69, 9.17) is 4.74 Å². The fourth-order valence-corrected chi connectivity index (χ4v) is 3.68. The van der Waals surface area contributed by atoms with Gasteiger partial charge in [0.15, 0.2) is 0 Å². The molecule has 1 amide bonds. The van der Waals surface area contributed by atoms with Crippen molar-refractivity contribution in [2.45, 2.75) is 6.92 Å². The van der Waals surface area contributed by atoms with Crippen LogP contribution in [0.3, 0.4) is 0 Å². The molecule has 5 rings (SSSR count). The van der Waals surface area contributed by atoms with Crippen molar-refractivity contribution in [2.24, 2.45) is 0 Å². The number of hydrogen-bond acceptors (Lipinski definition) is 5. The van der Waals surface area contributed by atoms with Gasteiger partial charge >= 0.3 is 0 Å². The van der Waals surface area contributed by atoms with Gasteiger partial charge < -0.3 is 10.1 Å². The first-order valence-electron chi connectivity index (χ1n) is 11.1. The highest BCUT2D eigenvalue weighted by atomic mass is 16.5. The molecule has 2 aromatic heterocycles. The van der Waals surface area contributed by atoms with E-state index in [1.54, 1.807) is 30.6 Å². The maximum Gasteiger partial charge on any atom is 0.255 e. The molecule has 0 fully saturated rings. The molecule has 6 nitrogen and oxygen atoms in total. The van der Waals surface area contributed by atoms with E-state index in [-0.39, 0.29) is 5.91 Å². The molecule has 0 saturated heterocycles. The van der Waals surface area contributed by atoms with Crippen LogP contribution < -0.4 is 10.1 Å².